The maximum atomic E-state index is 6.17. The molecule has 4 rings (SSSR count). The van der Waals surface area contributed by atoms with Crippen LogP contribution in [0.2, 0.25) is 0 Å². The zero-order valence-corrected chi connectivity index (χ0v) is 16.0. The summed E-state index contributed by atoms with van der Waals surface area (Å²) in [4.78, 5) is 2.53. The van der Waals surface area contributed by atoms with Crippen molar-refractivity contribution in [2.45, 2.75) is 31.6 Å². The Morgan fingerprint density at radius 2 is 1.78 bits per heavy atom. The van der Waals surface area contributed by atoms with Crippen LogP contribution >= 0.6 is 0 Å². The Bertz CT molecular complexity index is 816. The van der Waals surface area contributed by atoms with Crippen molar-refractivity contribution in [1.82, 2.24) is 4.90 Å². The van der Waals surface area contributed by atoms with Crippen LogP contribution in [0.1, 0.15) is 36.5 Å². The minimum atomic E-state index is 0.295. The Morgan fingerprint density at radius 3 is 2.63 bits per heavy atom. The van der Waals surface area contributed by atoms with Crippen molar-refractivity contribution in [3.8, 4) is 0 Å². The average Bonchev–Trinajstić information content (AvgIpc) is 3.24. The van der Waals surface area contributed by atoms with Crippen LogP contribution in [0.5, 0.6) is 0 Å². The van der Waals surface area contributed by atoms with Crippen molar-refractivity contribution in [1.29, 1.82) is 0 Å². The number of hydrogen-bond donors (Lipinski definition) is 0. The SMILES string of the molecule is c1coc(CC(COCCN2CCCCC2)c2cccc3ccccc23)c1. The van der Waals surface area contributed by atoms with E-state index in [4.69, 9.17) is 9.15 Å². The van der Waals surface area contributed by atoms with Crippen molar-refractivity contribution in [2.75, 3.05) is 32.8 Å². The Labute approximate surface area is 161 Å². The summed E-state index contributed by atoms with van der Waals surface area (Å²) in [6, 6.07) is 19.2. The lowest BCUT2D eigenvalue weighted by atomic mass is 9.91. The molecule has 3 aromatic rings. The highest BCUT2D eigenvalue weighted by Crippen LogP contribution is 2.29. The van der Waals surface area contributed by atoms with E-state index < -0.39 is 0 Å². The number of fused-ring (bicyclic) bond motifs is 1. The van der Waals surface area contributed by atoms with Crippen molar-refractivity contribution >= 4 is 10.8 Å². The van der Waals surface area contributed by atoms with E-state index in [-0.39, 0.29) is 0 Å². The molecule has 3 nitrogen and oxygen atoms in total. The molecule has 1 fully saturated rings. The molecule has 0 spiro atoms. The molecule has 2 aromatic carbocycles. The topological polar surface area (TPSA) is 25.6 Å². The second kappa shape index (κ2) is 9.20. The first-order valence-corrected chi connectivity index (χ1v) is 10.2. The lowest BCUT2D eigenvalue weighted by Gasteiger charge is -2.26. The summed E-state index contributed by atoms with van der Waals surface area (Å²) in [6.07, 6.45) is 6.66. The van der Waals surface area contributed by atoms with Gasteiger partial charge in [0.25, 0.3) is 0 Å². The zero-order valence-electron chi connectivity index (χ0n) is 16.0. The fourth-order valence-corrected chi connectivity index (χ4v) is 4.14. The van der Waals surface area contributed by atoms with Gasteiger partial charge in [-0.25, -0.2) is 0 Å². The summed E-state index contributed by atoms with van der Waals surface area (Å²) >= 11 is 0. The third kappa shape index (κ3) is 4.79. The molecule has 1 saturated heterocycles. The molecular formula is C24H29NO2. The standard InChI is InChI=1S/C24H29NO2/c1-4-13-25(14-5-1)15-17-26-19-21(18-22-10-7-16-27-22)24-12-6-9-20-8-2-3-11-23(20)24/h2-3,6-12,16,21H,1,4-5,13-15,17-19H2. The molecule has 1 aliphatic rings. The number of furan rings is 1. The Balaban J connectivity index is 1.45. The quantitative estimate of drug-likeness (QED) is 0.510. The van der Waals surface area contributed by atoms with Crippen LogP contribution in [0.25, 0.3) is 10.8 Å². The van der Waals surface area contributed by atoms with E-state index in [0.717, 1.165) is 31.9 Å². The molecule has 3 heteroatoms. The van der Waals surface area contributed by atoms with E-state index in [1.54, 1.807) is 6.26 Å². The van der Waals surface area contributed by atoms with Crippen LogP contribution < -0.4 is 0 Å². The van der Waals surface area contributed by atoms with Gasteiger partial charge < -0.3 is 14.1 Å². The van der Waals surface area contributed by atoms with Gasteiger partial charge in [-0.3, -0.25) is 0 Å². The summed E-state index contributed by atoms with van der Waals surface area (Å²) in [6.45, 7) is 5.02. The number of likely N-dealkylation sites (tertiary alicyclic amines) is 1. The molecule has 0 N–H and O–H groups in total. The van der Waals surface area contributed by atoms with Gasteiger partial charge in [-0.05, 0) is 54.4 Å². The number of benzene rings is 2. The van der Waals surface area contributed by atoms with Crippen LogP contribution in [0, 0.1) is 0 Å². The molecule has 0 radical (unpaired) electrons. The number of piperidine rings is 1. The van der Waals surface area contributed by atoms with Gasteiger partial charge >= 0.3 is 0 Å². The zero-order chi connectivity index (χ0) is 18.3. The number of nitrogens with zero attached hydrogens (tertiary/aromatic N) is 1. The fourth-order valence-electron chi connectivity index (χ4n) is 4.14. The number of ether oxygens (including phenoxy) is 1. The predicted octanol–water partition coefficient (Wildman–Crippen LogP) is 5.26. The van der Waals surface area contributed by atoms with Crippen molar-refractivity contribution in [3.63, 3.8) is 0 Å². The van der Waals surface area contributed by atoms with Gasteiger partial charge in [0.15, 0.2) is 0 Å². The third-order valence-corrected chi connectivity index (χ3v) is 5.61. The third-order valence-electron chi connectivity index (χ3n) is 5.61. The smallest absolute Gasteiger partial charge is 0.104 e. The normalized spacial score (nSPS) is 16.6. The molecule has 0 amide bonds. The molecule has 1 atom stereocenters. The minimum Gasteiger partial charge on any atom is -0.469 e. The molecule has 1 unspecified atom stereocenters. The van der Waals surface area contributed by atoms with Crippen molar-refractivity contribution in [3.05, 3.63) is 72.2 Å². The van der Waals surface area contributed by atoms with Crippen LogP contribution in [-0.4, -0.2) is 37.7 Å². The molecule has 27 heavy (non-hydrogen) atoms. The monoisotopic (exact) mass is 363 g/mol. The second-order valence-corrected chi connectivity index (χ2v) is 7.53. The lowest BCUT2D eigenvalue weighted by Crippen LogP contribution is -2.33. The first-order chi connectivity index (χ1) is 13.4. The molecule has 0 bridgehead atoms. The maximum absolute atomic E-state index is 6.17. The van der Waals surface area contributed by atoms with Gasteiger partial charge in [-0.15, -0.1) is 0 Å². The van der Waals surface area contributed by atoms with E-state index in [0.29, 0.717) is 5.92 Å². The van der Waals surface area contributed by atoms with Crippen LogP contribution in [0.4, 0.5) is 0 Å². The molecule has 0 aliphatic carbocycles. The summed E-state index contributed by atoms with van der Waals surface area (Å²) in [7, 11) is 0. The fraction of sp³-hybridized carbons (Fsp3) is 0.417. The lowest BCUT2D eigenvalue weighted by molar-refractivity contribution is 0.0862. The Hall–Kier alpha value is -2.10. The molecule has 0 saturated carbocycles. The van der Waals surface area contributed by atoms with Crippen LogP contribution in [0.3, 0.4) is 0 Å². The number of hydrogen-bond acceptors (Lipinski definition) is 3. The van der Waals surface area contributed by atoms with E-state index in [1.807, 2.05) is 6.07 Å². The summed E-state index contributed by atoms with van der Waals surface area (Å²) in [5, 5.41) is 2.60. The van der Waals surface area contributed by atoms with Gasteiger partial charge in [0.2, 0.25) is 0 Å². The highest BCUT2D eigenvalue weighted by atomic mass is 16.5. The predicted molar refractivity (Wildman–Crippen MR) is 110 cm³/mol. The average molecular weight is 364 g/mol. The Kier molecular flexibility index (Phi) is 6.23. The van der Waals surface area contributed by atoms with E-state index >= 15 is 0 Å². The first kappa shape index (κ1) is 18.3. The van der Waals surface area contributed by atoms with Crippen LogP contribution in [0.15, 0.2) is 65.3 Å². The summed E-state index contributed by atoms with van der Waals surface area (Å²) in [5.41, 5.74) is 1.35. The van der Waals surface area contributed by atoms with Gasteiger partial charge in [0, 0.05) is 18.9 Å². The van der Waals surface area contributed by atoms with Gasteiger partial charge in [0.05, 0.1) is 19.5 Å². The highest BCUT2D eigenvalue weighted by molar-refractivity contribution is 5.86. The van der Waals surface area contributed by atoms with Gasteiger partial charge in [-0.2, -0.15) is 0 Å². The van der Waals surface area contributed by atoms with Gasteiger partial charge in [-0.1, -0.05) is 48.9 Å². The maximum Gasteiger partial charge on any atom is 0.104 e. The molecular weight excluding hydrogens is 334 g/mol. The van der Waals surface area contributed by atoms with Crippen LogP contribution in [-0.2, 0) is 11.2 Å². The first-order valence-electron chi connectivity index (χ1n) is 10.2. The van der Waals surface area contributed by atoms with Crippen molar-refractivity contribution < 1.29 is 9.15 Å². The van der Waals surface area contributed by atoms with E-state index in [2.05, 4.69) is 53.4 Å². The Morgan fingerprint density at radius 1 is 0.926 bits per heavy atom. The molecule has 1 aliphatic heterocycles. The minimum absolute atomic E-state index is 0.295. The van der Waals surface area contributed by atoms with E-state index in [1.165, 1.54) is 48.7 Å². The van der Waals surface area contributed by atoms with E-state index in [9.17, 15) is 0 Å². The molecule has 142 valence electrons. The van der Waals surface area contributed by atoms with Crippen molar-refractivity contribution in [2.24, 2.45) is 0 Å². The molecule has 2 heterocycles. The summed E-state index contributed by atoms with van der Waals surface area (Å²) in [5.74, 6) is 1.32. The number of rotatable bonds is 8. The summed E-state index contributed by atoms with van der Waals surface area (Å²) < 4.78 is 11.8. The molecule has 1 aromatic heterocycles. The van der Waals surface area contributed by atoms with Gasteiger partial charge in [0.1, 0.15) is 5.76 Å². The second-order valence-electron chi connectivity index (χ2n) is 7.53. The highest BCUT2D eigenvalue weighted by Gasteiger charge is 2.17. The largest absolute Gasteiger partial charge is 0.469 e.